The van der Waals surface area contributed by atoms with Crippen LogP contribution in [0.1, 0.15) is 5.56 Å². The van der Waals surface area contributed by atoms with E-state index in [1.165, 1.54) is 24.3 Å². The lowest BCUT2D eigenvalue weighted by molar-refractivity contribution is 0.600. The molecule has 0 aromatic heterocycles. The lowest BCUT2D eigenvalue weighted by Crippen LogP contribution is -2.05. The molecule has 7 heteroatoms. The number of sulfone groups is 1. The van der Waals surface area contributed by atoms with E-state index in [4.69, 9.17) is 0 Å². The van der Waals surface area contributed by atoms with Crippen LogP contribution in [0.15, 0.2) is 45.8 Å². The van der Waals surface area contributed by atoms with Crippen LogP contribution in [-0.4, -0.2) is 14.7 Å². The summed E-state index contributed by atoms with van der Waals surface area (Å²) in [6.07, 6.45) is 1.05. The molecule has 0 atom stereocenters. The minimum absolute atomic E-state index is 0.0182. The summed E-state index contributed by atoms with van der Waals surface area (Å²) < 4.78 is 50.5. The predicted octanol–water partition coefficient (Wildman–Crippen LogP) is 3.74. The van der Waals surface area contributed by atoms with Gasteiger partial charge in [0.15, 0.2) is 9.84 Å². The molecule has 0 spiro atoms. The smallest absolute Gasteiger partial charge is 0.175 e. The van der Waals surface area contributed by atoms with Crippen LogP contribution >= 0.6 is 15.9 Å². The van der Waals surface area contributed by atoms with E-state index < -0.39 is 21.5 Å². The highest BCUT2D eigenvalue weighted by atomic mass is 79.9. The maximum absolute atomic E-state index is 13.7. The van der Waals surface area contributed by atoms with Crippen LogP contribution in [-0.2, 0) is 16.4 Å². The Morgan fingerprint density at radius 3 is 2.52 bits per heavy atom. The average molecular weight is 376 g/mol. The molecule has 112 valence electrons. The second-order valence-electron chi connectivity index (χ2n) is 4.50. The van der Waals surface area contributed by atoms with E-state index >= 15 is 0 Å². The normalized spacial score (nSPS) is 11.4. The van der Waals surface area contributed by atoms with Crippen molar-refractivity contribution < 1.29 is 17.2 Å². The highest BCUT2D eigenvalue weighted by Crippen LogP contribution is 2.23. The first kappa shape index (κ1) is 15.9. The molecule has 0 heterocycles. The number of nitrogens with one attached hydrogen (secondary N) is 1. The Labute approximate surface area is 130 Å². The third kappa shape index (κ3) is 4.01. The van der Waals surface area contributed by atoms with Gasteiger partial charge >= 0.3 is 0 Å². The summed E-state index contributed by atoms with van der Waals surface area (Å²) in [5.41, 5.74) is 0.647. The first-order valence-corrected chi connectivity index (χ1v) is 8.63. The van der Waals surface area contributed by atoms with Crippen LogP contribution in [0.5, 0.6) is 0 Å². The second kappa shape index (κ2) is 6.11. The summed E-state index contributed by atoms with van der Waals surface area (Å²) in [6, 6.07) is 7.68. The highest BCUT2D eigenvalue weighted by Gasteiger charge is 2.11. The van der Waals surface area contributed by atoms with Crippen molar-refractivity contribution in [3.05, 3.63) is 58.1 Å². The van der Waals surface area contributed by atoms with E-state index in [0.29, 0.717) is 10.0 Å². The average Bonchev–Trinajstić information content (AvgIpc) is 2.40. The Hall–Kier alpha value is -1.47. The maximum Gasteiger partial charge on any atom is 0.175 e. The van der Waals surface area contributed by atoms with Gasteiger partial charge in [0.05, 0.1) is 10.6 Å². The molecule has 1 N–H and O–H groups in total. The highest BCUT2D eigenvalue weighted by molar-refractivity contribution is 9.10. The van der Waals surface area contributed by atoms with Gasteiger partial charge < -0.3 is 5.32 Å². The molecule has 0 radical (unpaired) electrons. The van der Waals surface area contributed by atoms with Crippen molar-refractivity contribution in [3.8, 4) is 0 Å². The standard InChI is InChI=1S/C14H12BrF2NO2S/c1-21(19,20)11-3-5-13(17)14(7-11)18-8-9-6-10(16)2-4-12(9)15/h2-7,18H,8H2,1H3. The molecule has 2 rings (SSSR count). The lowest BCUT2D eigenvalue weighted by Gasteiger charge is -2.10. The van der Waals surface area contributed by atoms with Gasteiger partial charge in [-0.1, -0.05) is 15.9 Å². The molecule has 0 fully saturated rings. The summed E-state index contributed by atoms with van der Waals surface area (Å²) in [6.45, 7) is 0.155. The van der Waals surface area contributed by atoms with Crippen molar-refractivity contribution in [2.45, 2.75) is 11.4 Å². The van der Waals surface area contributed by atoms with Crippen molar-refractivity contribution in [3.63, 3.8) is 0 Å². The number of hydrogen-bond donors (Lipinski definition) is 1. The number of anilines is 1. The molecule has 0 aliphatic rings. The Morgan fingerprint density at radius 1 is 1.14 bits per heavy atom. The van der Waals surface area contributed by atoms with Gasteiger partial charge in [-0.2, -0.15) is 0 Å². The van der Waals surface area contributed by atoms with Crippen LogP contribution in [0.2, 0.25) is 0 Å². The van der Waals surface area contributed by atoms with E-state index in [-0.39, 0.29) is 17.1 Å². The summed E-state index contributed by atoms with van der Waals surface area (Å²) in [4.78, 5) is 0.0182. The Kier molecular flexibility index (Phi) is 4.63. The monoisotopic (exact) mass is 375 g/mol. The van der Waals surface area contributed by atoms with Crippen molar-refractivity contribution in [1.82, 2.24) is 0 Å². The van der Waals surface area contributed by atoms with Crippen LogP contribution in [0.3, 0.4) is 0 Å². The fraction of sp³-hybridized carbons (Fsp3) is 0.143. The molecule has 2 aromatic rings. The first-order valence-electron chi connectivity index (χ1n) is 5.95. The van der Waals surface area contributed by atoms with E-state index in [2.05, 4.69) is 21.2 Å². The van der Waals surface area contributed by atoms with E-state index in [1.54, 1.807) is 6.07 Å². The fourth-order valence-corrected chi connectivity index (χ4v) is 2.77. The molecule has 21 heavy (non-hydrogen) atoms. The van der Waals surface area contributed by atoms with Gasteiger partial charge in [0.1, 0.15) is 11.6 Å². The molecule has 0 amide bonds. The van der Waals surface area contributed by atoms with Gasteiger partial charge in [-0.25, -0.2) is 17.2 Å². The number of rotatable bonds is 4. The molecule has 3 nitrogen and oxygen atoms in total. The van der Waals surface area contributed by atoms with Crippen LogP contribution in [0, 0.1) is 11.6 Å². The number of benzene rings is 2. The van der Waals surface area contributed by atoms with Crippen LogP contribution in [0.4, 0.5) is 14.5 Å². The number of hydrogen-bond acceptors (Lipinski definition) is 3. The van der Waals surface area contributed by atoms with Crippen molar-refractivity contribution in [1.29, 1.82) is 0 Å². The fourth-order valence-electron chi connectivity index (χ4n) is 1.74. The van der Waals surface area contributed by atoms with Gasteiger partial charge in [-0.15, -0.1) is 0 Å². The third-order valence-corrected chi connectivity index (χ3v) is 4.73. The quantitative estimate of drug-likeness (QED) is 0.827. The Bertz CT molecular complexity index is 779. The van der Waals surface area contributed by atoms with Crippen molar-refractivity contribution in [2.24, 2.45) is 0 Å². The summed E-state index contributed by atoms with van der Waals surface area (Å²) in [7, 11) is -3.42. The van der Waals surface area contributed by atoms with Gasteiger partial charge in [0.2, 0.25) is 0 Å². The lowest BCUT2D eigenvalue weighted by atomic mass is 10.2. The molecular weight excluding hydrogens is 364 g/mol. The van der Waals surface area contributed by atoms with Crippen molar-refractivity contribution >= 4 is 31.5 Å². The van der Waals surface area contributed by atoms with Gasteiger partial charge in [-0.05, 0) is 42.0 Å². The molecule has 0 saturated carbocycles. The zero-order chi connectivity index (χ0) is 15.6. The molecule has 0 aliphatic heterocycles. The van der Waals surface area contributed by atoms with Gasteiger partial charge in [-0.3, -0.25) is 0 Å². The molecule has 0 aliphatic carbocycles. The maximum atomic E-state index is 13.7. The van der Waals surface area contributed by atoms with Gasteiger partial charge in [0, 0.05) is 17.3 Å². The Balaban J connectivity index is 2.26. The van der Waals surface area contributed by atoms with Gasteiger partial charge in [0.25, 0.3) is 0 Å². The summed E-state index contributed by atoms with van der Waals surface area (Å²) in [5, 5.41) is 2.77. The molecule has 0 bridgehead atoms. The molecular formula is C14H12BrF2NO2S. The van der Waals surface area contributed by atoms with E-state index in [0.717, 1.165) is 12.3 Å². The molecule has 2 aromatic carbocycles. The molecule has 0 saturated heterocycles. The van der Waals surface area contributed by atoms with E-state index in [1.807, 2.05) is 0 Å². The largest absolute Gasteiger partial charge is 0.379 e. The third-order valence-electron chi connectivity index (χ3n) is 2.84. The predicted molar refractivity (Wildman–Crippen MR) is 80.9 cm³/mol. The van der Waals surface area contributed by atoms with Crippen molar-refractivity contribution in [2.75, 3.05) is 11.6 Å². The SMILES string of the molecule is CS(=O)(=O)c1ccc(F)c(NCc2cc(F)ccc2Br)c1. The minimum Gasteiger partial charge on any atom is -0.379 e. The zero-order valence-corrected chi connectivity index (χ0v) is 13.4. The zero-order valence-electron chi connectivity index (χ0n) is 11.0. The minimum atomic E-state index is -3.42. The second-order valence-corrected chi connectivity index (χ2v) is 7.37. The van der Waals surface area contributed by atoms with Crippen LogP contribution in [0.25, 0.3) is 0 Å². The summed E-state index contributed by atoms with van der Waals surface area (Å²) in [5.74, 6) is -0.977. The Morgan fingerprint density at radius 2 is 1.86 bits per heavy atom. The summed E-state index contributed by atoms with van der Waals surface area (Å²) >= 11 is 3.27. The number of halogens is 3. The molecule has 0 unspecified atom stereocenters. The first-order chi connectivity index (χ1) is 9.77. The topological polar surface area (TPSA) is 46.2 Å². The van der Waals surface area contributed by atoms with Crippen LogP contribution < -0.4 is 5.32 Å². The van der Waals surface area contributed by atoms with E-state index in [9.17, 15) is 17.2 Å².